The Hall–Kier alpha value is 0.220. The molecule has 0 aliphatic rings. The van der Waals surface area contributed by atoms with Gasteiger partial charge in [0.15, 0.2) is 0 Å². The first-order valence-corrected chi connectivity index (χ1v) is 9.81. The molecular formula is C12H36N2O6P2. The van der Waals surface area contributed by atoms with Gasteiger partial charge in [-0.2, -0.15) is 0 Å². The molecule has 0 amide bonds. The minimum absolute atomic E-state index is 0. The molecule has 0 fully saturated rings. The summed E-state index contributed by atoms with van der Waals surface area (Å²) in [6, 6.07) is 0. The molecule has 0 rings (SSSR count). The predicted octanol–water partition coefficient (Wildman–Crippen LogP) is 3.99. The van der Waals surface area contributed by atoms with E-state index in [1.807, 2.05) is 0 Å². The van der Waals surface area contributed by atoms with Crippen LogP contribution in [0.4, 0.5) is 0 Å². The lowest BCUT2D eigenvalue weighted by molar-refractivity contribution is 0.282. The summed E-state index contributed by atoms with van der Waals surface area (Å²) >= 11 is 0. The zero-order valence-electron chi connectivity index (χ0n) is 13.8. The van der Waals surface area contributed by atoms with Crippen LogP contribution in [0.5, 0.6) is 0 Å². The molecule has 0 bridgehead atoms. The van der Waals surface area contributed by atoms with E-state index in [0.717, 1.165) is 6.42 Å². The van der Waals surface area contributed by atoms with Crippen molar-refractivity contribution < 1.29 is 28.3 Å². The Labute approximate surface area is 135 Å². The van der Waals surface area contributed by atoms with Gasteiger partial charge >= 0.3 is 16.5 Å². The minimum atomic E-state index is -3.20. The molecular weight excluding hydrogens is 330 g/mol. The highest BCUT2D eigenvalue weighted by Crippen LogP contribution is 2.30. The molecule has 2 unspecified atom stereocenters. The van der Waals surface area contributed by atoms with Crippen LogP contribution in [0.25, 0.3) is 0 Å². The van der Waals surface area contributed by atoms with Gasteiger partial charge in [0.25, 0.3) is 0 Å². The SMILES string of the molecule is CCCCCCCCCCCCO.N.N.O=[PH](O)O[PH](=O)O. The Bertz CT molecular complexity index is 226. The van der Waals surface area contributed by atoms with Crippen LogP contribution < -0.4 is 12.3 Å². The average Bonchev–Trinajstić information content (AvgIpc) is 2.36. The maximum Gasteiger partial charge on any atom is 0.323 e. The van der Waals surface area contributed by atoms with Crippen LogP contribution in [0.15, 0.2) is 0 Å². The molecule has 0 radical (unpaired) electrons. The number of aliphatic hydroxyl groups is 1. The van der Waals surface area contributed by atoms with Gasteiger partial charge in [0.05, 0.1) is 0 Å². The largest absolute Gasteiger partial charge is 0.396 e. The van der Waals surface area contributed by atoms with E-state index in [1.165, 1.54) is 57.8 Å². The first-order chi connectivity index (χ1) is 9.54. The highest BCUT2D eigenvalue weighted by molar-refractivity contribution is 7.46. The smallest absolute Gasteiger partial charge is 0.323 e. The van der Waals surface area contributed by atoms with E-state index in [-0.39, 0.29) is 12.3 Å². The Morgan fingerprint density at radius 3 is 1.27 bits per heavy atom. The first kappa shape index (κ1) is 30.1. The van der Waals surface area contributed by atoms with Crippen molar-refractivity contribution in [3.05, 3.63) is 0 Å². The molecule has 0 aliphatic carbocycles. The summed E-state index contributed by atoms with van der Waals surface area (Å²) in [5.74, 6) is 0. The van der Waals surface area contributed by atoms with Gasteiger partial charge in [0.2, 0.25) is 0 Å². The lowest BCUT2D eigenvalue weighted by Gasteiger charge is -2.00. The lowest BCUT2D eigenvalue weighted by Crippen LogP contribution is -1.84. The van der Waals surface area contributed by atoms with E-state index < -0.39 is 16.5 Å². The molecule has 0 aromatic heterocycles. The summed E-state index contributed by atoms with van der Waals surface area (Å²) in [6.45, 7) is 2.63. The van der Waals surface area contributed by atoms with E-state index in [1.54, 1.807) is 0 Å². The van der Waals surface area contributed by atoms with Gasteiger partial charge in [-0.25, -0.2) is 4.31 Å². The first-order valence-electron chi connectivity index (χ1n) is 7.29. The van der Waals surface area contributed by atoms with Crippen molar-refractivity contribution in [1.82, 2.24) is 12.3 Å². The fourth-order valence-electron chi connectivity index (χ4n) is 1.67. The molecule has 0 saturated carbocycles. The number of hydrogen-bond donors (Lipinski definition) is 5. The monoisotopic (exact) mass is 366 g/mol. The van der Waals surface area contributed by atoms with Gasteiger partial charge in [-0.1, -0.05) is 64.7 Å². The third kappa shape index (κ3) is 36.9. The fraction of sp³-hybridized carbons (Fsp3) is 1.00. The van der Waals surface area contributed by atoms with Crippen LogP contribution in [0.3, 0.4) is 0 Å². The topological polar surface area (TPSA) is 174 Å². The Morgan fingerprint density at radius 1 is 0.727 bits per heavy atom. The third-order valence-electron chi connectivity index (χ3n) is 2.69. The molecule has 0 aromatic carbocycles. The lowest BCUT2D eigenvalue weighted by atomic mass is 10.1. The zero-order chi connectivity index (χ0) is 15.6. The van der Waals surface area contributed by atoms with E-state index in [9.17, 15) is 9.13 Å². The predicted molar refractivity (Wildman–Crippen MR) is 92.5 cm³/mol. The second-order valence-corrected chi connectivity index (χ2v) is 6.42. The second kappa shape index (κ2) is 26.1. The molecule has 0 spiro atoms. The van der Waals surface area contributed by atoms with E-state index in [0.29, 0.717) is 6.61 Å². The highest BCUT2D eigenvalue weighted by atomic mass is 31.2. The Kier molecular flexibility index (Phi) is 35.8. The number of unbranched alkanes of at least 4 members (excludes halogenated alkanes) is 9. The molecule has 8 nitrogen and oxygen atoms in total. The van der Waals surface area contributed by atoms with E-state index >= 15 is 0 Å². The van der Waals surface area contributed by atoms with Crippen LogP contribution in [0.1, 0.15) is 71.1 Å². The second-order valence-electron chi connectivity index (χ2n) is 4.54. The van der Waals surface area contributed by atoms with E-state index in [4.69, 9.17) is 14.9 Å². The molecule has 0 saturated heterocycles. The van der Waals surface area contributed by atoms with Crippen molar-refractivity contribution >= 4 is 16.5 Å². The molecule has 10 heteroatoms. The summed E-state index contributed by atoms with van der Waals surface area (Å²) < 4.78 is 22.3. The van der Waals surface area contributed by atoms with Crippen LogP contribution in [-0.2, 0) is 13.4 Å². The Morgan fingerprint density at radius 2 is 1.05 bits per heavy atom. The number of rotatable bonds is 12. The molecule has 0 aliphatic heterocycles. The number of hydrogen-bond acceptors (Lipinski definition) is 6. The summed E-state index contributed by atoms with van der Waals surface area (Å²) in [5.41, 5.74) is 0. The summed E-state index contributed by atoms with van der Waals surface area (Å²) in [7, 11) is -6.40. The molecule has 0 heterocycles. The maximum atomic E-state index is 9.44. The van der Waals surface area contributed by atoms with E-state index in [2.05, 4.69) is 11.2 Å². The molecule has 22 heavy (non-hydrogen) atoms. The van der Waals surface area contributed by atoms with Crippen LogP contribution >= 0.6 is 16.5 Å². The third-order valence-corrected chi connectivity index (χ3v) is 4.08. The van der Waals surface area contributed by atoms with Crippen LogP contribution in [-0.4, -0.2) is 21.5 Å². The summed E-state index contributed by atoms with van der Waals surface area (Å²) in [5, 5.41) is 8.57. The quantitative estimate of drug-likeness (QED) is 0.254. The van der Waals surface area contributed by atoms with Crippen molar-refractivity contribution in [3.63, 3.8) is 0 Å². The number of aliphatic hydroxyl groups excluding tert-OH is 1. The van der Waals surface area contributed by atoms with Crippen molar-refractivity contribution in [3.8, 4) is 0 Å². The maximum absolute atomic E-state index is 9.44. The standard InChI is InChI=1S/C12H26O.2H3N.H4O5P2/c1-2-3-4-5-6-7-8-9-10-11-12-13;;;1-6(2)5-7(3)4/h13H,2-12H2,1H3;2*1H3;6-7H,(H,1,2)(H,3,4). The highest BCUT2D eigenvalue weighted by Gasteiger charge is 1.93. The van der Waals surface area contributed by atoms with Gasteiger partial charge in [-0.15, -0.1) is 0 Å². The van der Waals surface area contributed by atoms with Crippen molar-refractivity contribution in [2.75, 3.05) is 6.61 Å². The van der Waals surface area contributed by atoms with Crippen LogP contribution in [0, 0.1) is 0 Å². The molecule has 2 atom stereocenters. The molecule has 140 valence electrons. The normalized spacial score (nSPS) is 12.2. The van der Waals surface area contributed by atoms with Crippen molar-refractivity contribution in [2.24, 2.45) is 0 Å². The average molecular weight is 366 g/mol. The van der Waals surface area contributed by atoms with Gasteiger partial charge in [0, 0.05) is 6.61 Å². The van der Waals surface area contributed by atoms with Gasteiger partial charge in [-0.3, -0.25) is 9.13 Å². The van der Waals surface area contributed by atoms with Crippen molar-refractivity contribution in [1.29, 1.82) is 0 Å². The van der Waals surface area contributed by atoms with Gasteiger partial charge in [-0.05, 0) is 6.42 Å². The van der Waals surface area contributed by atoms with Crippen molar-refractivity contribution in [2.45, 2.75) is 71.1 Å². The summed E-state index contributed by atoms with van der Waals surface area (Å²) in [4.78, 5) is 15.4. The van der Waals surface area contributed by atoms with Gasteiger partial charge < -0.3 is 27.2 Å². The zero-order valence-corrected chi connectivity index (χ0v) is 15.8. The van der Waals surface area contributed by atoms with Gasteiger partial charge in [0.1, 0.15) is 0 Å². The minimum Gasteiger partial charge on any atom is -0.396 e. The summed E-state index contributed by atoms with van der Waals surface area (Å²) in [6.07, 6.45) is 13.3. The fourth-order valence-corrected chi connectivity index (χ4v) is 2.27. The molecule has 9 N–H and O–H groups in total. The Balaban J connectivity index is -0.000000156. The molecule has 0 aromatic rings. The van der Waals surface area contributed by atoms with Crippen LogP contribution in [0.2, 0.25) is 0 Å².